The summed E-state index contributed by atoms with van der Waals surface area (Å²) in [7, 11) is -4.13. The van der Waals surface area contributed by atoms with Gasteiger partial charge in [0, 0.05) is 13.2 Å². The molecule has 0 rings (SSSR count). The number of rotatable bonds is 7. The van der Waals surface area contributed by atoms with Crippen LogP contribution in [0.4, 0.5) is 13.2 Å². The molecule has 0 heterocycles. The van der Waals surface area contributed by atoms with Gasteiger partial charge in [-0.15, -0.1) is 0 Å². The van der Waals surface area contributed by atoms with Crippen LogP contribution < -0.4 is 9.44 Å². The molecule has 9 heteroatoms. The molecule has 0 spiro atoms. The molecule has 16 heavy (non-hydrogen) atoms. The lowest BCUT2D eigenvalue weighted by molar-refractivity contribution is -0.121. The number of halogens is 3. The number of alkyl halides is 3. The second-order valence-electron chi connectivity index (χ2n) is 3.41. The largest absolute Gasteiger partial charge is 0.402 e. The van der Waals surface area contributed by atoms with Crippen LogP contribution in [0.2, 0.25) is 0 Å². The Bertz CT molecular complexity index is 292. The Morgan fingerprint density at radius 3 is 2.31 bits per heavy atom. The van der Waals surface area contributed by atoms with Gasteiger partial charge in [-0.1, -0.05) is 6.92 Å². The second-order valence-corrected chi connectivity index (χ2v) is 4.99. The molecule has 5 nitrogen and oxygen atoms in total. The highest BCUT2D eigenvalue weighted by molar-refractivity contribution is 7.87. The van der Waals surface area contributed by atoms with Crippen LogP contribution in [-0.4, -0.2) is 39.4 Å². The summed E-state index contributed by atoms with van der Waals surface area (Å²) in [6.45, 7) is -0.0498. The van der Waals surface area contributed by atoms with Crippen molar-refractivity contribution in [3.8, 4) is 0 Å². The first-order valence-electron chi connectivity index (χ1n) is 4.58. The van der Waals surface area contributed by atoms with Crippen LogP contribution in [0, 0.1) is 5.92 Å². The molecule has 0 bridgehead atoms. The lowest BCUT2D eigenvalue weighted by atomic mass is 10.1. The van der Waals surface area contributed by atoms with Crippen molar-refractivity contribution in [1.29, 1.82) is 0 Å². The number of hydrogen-bond donors (Lipinski definition) is 3. The third-order valence-electron chi connectivity index (χ3n) is 1.71. The highest BCUT2D eigenvalue weighted by atomic mass is 32.2. The van der Waals surface area contributed by atoms with Crippen LogP contribution in [0.1, 0.15) is 13.3 Å². The molecule has 0 saturated heterocycles. The van der Waals surface area contributed by atoms with E-state index in [0.29, 0.717) is 6.42 Å². The highest BCUT2D eigenvalue weighted by Gasteiger charge is 2.29. The van der Waals surface area contributed by atoms with E-state index in [1.54, 1.807) is 6.92 Å². The third kappa shape index (κ3) is 8.89. The number of hydrogen-bond acceptors (Lipinski definition) is 3. The van der Waals surface area contributed by atoms with Crippen LogP contribution in [0.5, 0.6) is 0 Å². The van der Waals surface area contributed by atoms with Crippen molar-refractivity contribution < 1.29 is 26.7 Å². The predicted molar refractivity (Wildman–Crippen MR) is 51.8 cm³/mol. The molecule has 0 fully saturated rings. The maximum Gasteiger partial charge on any atom is 0.402 e. The van der Waals surface area contributed by atoms with Crippen molar-refractivity contribution in [2.75, 3.05) is 19.7 Å². The summed E-state index contributed by atoms with van der Waals surface area (Å²) >= 11 is 0. The monoisotopic (exact) mass is 264 g/mol. The minimum atomic E-state index is -4.58. The van der Waals surface area contributed by atoms with Crippen LogP contribution in [0.25, 0.3) is 0 Å². The molecule has 0 aromatic carbocycles. The standard InChI is InChI=1S/C7H15F3N2O3S/c1-6(2-3-13)4-11-16(14,15)12-5-7(8,9)10/h6,11-13H,2-5H2,1H3. The first-order valence-corrected chi connectivity index (χ1v) is 6.06. The molecule has 0 amide bonds. The van der Waals surface area contributed by atoms with Crippen LogP contribution in [0.3, 0.4) is 0 Å². The summed E-state index contributed by atoms with van der Waals surface area (Å²) in [6.07, 6.45) is -4.20. The van der Waals surface area contributed by atoms with Gasteiger partial charge in [0.15, 0.2) is 0 Å². The van der Waals surface area contributed by atoms with E-state index >= 15 is 0 Å². The fraction of sp³-hybridized carbons (Fsp3) is 1.00. The molecule has 0 aromatic rings. The first-order chi connectivity index (χ1) is 7.16. The maximum absolute atomic E-state index is 11.7. The molecule has 0 saturated carbocycles. The summed E-state index contributed by atoms with van der Waals surface area (Å²) in [4.78, 5) is 0. The Labute approximate surface area is 92.2 Å². The Hall–Kier alpha value is -0.380. The molecule has 0 aliphatic carbocycles. The van der Waals surface area contributed by atoms with Gasteiger partial charge < -0.3 is 5.11 Å². The van der Waals surface area contributed by atoms with Gasteiger partial charge in [0.1, 0.15) is 6.54 Å². The van der Waals surface area contributed by atoms with Gasteiger partial charge >= 0.3 is 6.18 Å². The van der Waals surface area contributed by atoms with Crippen molar-refractivity contribution in [2.45, 2.75) is 19.5 Å². The minimum absolute atomic E-state index is 0.0201. The van der Waals surface area contributed by atoms with Gasteiger partial charge in [-0.25, -0.2) is 4.72 Å². The summed E-state index contributed by atoms with van der Waals surface area (Å²) in [5, 5.41) is 8.53. The molecule has 0 aromatic heterocycles. The van der Waals surface area contributed by atoms with E-state index in [0.717, 1.165) is 0 Å². The molecule has 1 atom stereocenters. The average Bonchev–Trinajstić information content (AvgIpc) is 2.12. The second kappa shape index (κ2) is 6.38. The molecule has 3 N–H and O–H groups in total. The van der Waals surface area contributed by atoms with E-state index in [4.69, 9.17) is 5.11 Å². The fourth-order valence-electron chi connectivity index (χ4n) is 0.802. The Balaban J connectivity index is 3.97. The van der Waals surface area contributed by atoms with Gasteiger partial charge in [0.25, 0.3) is 10.2 Å². The molecular weight excluding hydrogens is 249 g/mol. The summed E-state index contributed by atoms with van der Waals surface area (Å²) in [6, 6.07) is 0. The van der Waals surface area contributed by atoms with Crippen LogP contribution in [-0.2, 0) is 10.2 Å². The Kier molecular flexibility index (Phi) is 6.23. The van der Waals surface area contributed by atoms with E-state index in [9.17, 15) is 21.6 Å². The third-order valence-corrected chi connectivity index (χ3v) is 2.78. The number of aliphatic hydroxyl groups excluding tert-OH is 1. The molecule has 0 radical (unpaired) electrons. The average molecular weight is 264 g/mol. The maximum atomic E-state index is 11.7. The molecule has 1 unspecified atom stereocenters. The molecule has 0 aliphatic heterocycles. The SMILES string of the molecule is CC(CCO)CNS(=O)(=O)NCC(F)(F)F. The van der Waals surface area contributed by atoms with Crippen LogP contribution >= 0.6 is 0 Å². The normalized spacial score (nSPS) is 15.1. The minimum Gasteiger partial charge on any atom is -0.396 e. The zero-order chi connectivity index (χ0) is 12.8. The molecule has 0 aliphatic rings. The van der Waals surface area contributed by atoms with Crippen molar-refractivity contribution in [3.63, 3.8) is 0 Å². The Morgan fingerprint density at radius 2 is 1.88 bits per heavy atom. The van der Waals surface area contributed by atoms with Crippen molar-refractivity contribution in [3.05, 3.63) is 0 Å². The van der Waals surface area contributed by atoms with E-state index in [1.807, 2.05) is 4.72 Å². The van der Waals surface area contributed by atoms with Gasteiger partial charge in [-0.05, 0) is 12.3 Å². The van der Waals surface area contributed by atoms with Crippen molar-refractivity contribution >= 4 is 10.2 Å². The lowest BCUT2D eigenvalue weighted by Crippen LogP contribution is -2.42. The lowest BCUT2D eigenvalue weighted by Gasteiger charge is -2.13. The number of nitrogens with one attached hydrogen (secondary N) is 2. The zero-order valence-electron chi connectivity index (χ0n) is 8.71. The van der Waals surface area contributed by atoms with E-state index < -0.39 is 22.9 Å². The summed E-state index contributed by atoms with van der Waals surface area (Å²) < 4.78 is 60.5. The smallest absolute Gasteiger partial charge is 0.396 e. The summed E-state index contributed by atoms with van der Waals surface area (Å²) in [5.74, 6) is -0.146. The van der Waals surface area contributed by atoms with Crippen LogP contribution in [0.15, 0.2) is 0 Å². The van der Waals surface area contributed by atoms with Gasteiger partial charge in [0.2, 0.25) is 0 Å². The molecular formula is C7H15F3N2O3S. The number of aliphatic hydroxyl groups is 1. The van der Waals surface area contributed by atoms with Gasteiger partial charge in [-0.2, -0.15) is 26.3 Å². The van der Waals surface area contributed by atoms with Crippen molar-refractivity contribution in [1.82, 2.24) is 9.44 Å². The topological polar surface area (TPSA) is 78.4 Å². The van der Waals surface area contributed by atoms with E-state index in [-0.39, 0.29) is 19.1 Å². The van der Waals surface area contributed by atoms with E-state index in [1.165, 1.54) is 4.72 Å². The summed E-state index contributed by atoms with van der Waals surface area (Å²) in [5.41, 5.74) is 0. The van der Waals surface area contributed by atoms with Crippen molar-refractivity contribution in [2.24, 2.45) is 5.92 Å². The zero-order valence-corrected chi connectivity index (χ0v) is 9.53. The Morgan fingerprint density at radius 1 is 1.31 bits per heavy atom. The predicted octanol–water partition coefficient (Wildman–Crippen LogP) is -0.00880. The quantitative estimate of drug-likeness (QED) is 0.605. The fourth-order valence-corrected chi connectivity index (χ4v) is 1.76. The molecule has 98 valence electrons. The van der Waals surface area contributed by atoms with Gasteiger partial charge in [-0.3, -0.25) is 0 Å². The highest BCUT2D eigenvalue weighted by Crippen LogP contribution is 2.12. The van der Waals surface area contributed by atoms with Gasteiger partial charge in [0.05, 0.1) is 0 Å². The first kappa shape index (κ1) is 15.6. The van der Waals surface area contributed by atoms with E-state index in [2.05, 4.69) is 0 Å².